The van der Waals surface area contributed by atoms with Gasteiger partial charge in [0.25, 0.3) is 0 Å². The van der Waals surface area contributed by atoms with Gasteiger partial charge in [-0.05, 0) is 58.1 Å². The zero-order chi connectivity index (χ0) is 17.9. The smallest absolute Gasteiger partial charge is 0.231 e. The van der Waals surface area contributed by atoms with Crippen LogP contribution < -0.4 is 9.47 Å². The van der Waals surface area contributed by atoms with Crippen molar-refractivity contribution in [2.75, 3.05) is 0 Å². The summed E-state index contributed by atoms with van der Waals surface area (Å²) in [7, 11) is 0. The van der Waals surface area contributed by atoms with E-state index in [1.807, 2.05) is 19.1 Å². The average molecular weight is 366 g/mol. The Kier molecular flexibility index (Phi) is 3.51. The fraction of sp³-hybridized carbons (Fsp3) is 0.429. The maximum atomic E-state index is 6.36. The molecule has 1 aromatic carbocycles. The maximum Gasteiger partial charge on any atom is 0.231 e. The molecule has 0 unspecified atom stereocenters. The summed E-state index contributed by atoms with van der Waals surface area (Å²) < 4.78 is 12.5. The van der Waals surface area contributed by atoms with E-state index in [9.17, 15) is 0 Å². The zero-order valence-electron chi connectivity index (χ0n) is 15.4. The number of benzene rings is 1. The van der Waals surface area contributed by atoms with Gasteiger partial charge in [-0.15, -0.1) is 11.3 Å². The van der Waals surface area contributed by atoms with Gasteiger partial charge < -0.3 is 9.47 Å². The van der Waals surface area contributed by atoms with E-state index in [4.69, 9.17) is 9.47 Å². The first-order valence-electron chi connectivity index (χ1n) is 9.28. The molecule has 3 aromatic rings. The molecule has 5 heteroatoms. The minimum atomic E-state index is -0.194. The molecule has 4 nitrogen and oxygen atoms in total. The fourth-order valence-electron chi connectivity index (χ4n) is 4.07. The number of aromatic nitrogens is 2. The molecular formula is C21H22N2O2S. The van der Waals surface area contributed by atoms with Crippen molar-refractivity contribution in [1.29, 1.82) is 0 Å². The lowest BCUT2D eigenvalue weighted by Crippen LogP contribution is -2.24. The number of para-hydroxylation sites is 1. The van der Waals surface area contributed by atoms with Crippen molar-refractivity contribution in [3.63, 3.8) is 0 Å². The number of fused-ring (bicyclic) bond motifs is 4. The van der Waals surface area contributed by atoms with E-state index in [-0.39, 0.29) is 5.60 Å². The van der Waals surface area contributed by atoms with Crippen molar-refractivity contribution in [2.45, 2.75) is 58.5 Å². The monoisotopic (exact) mass is 366 g/mol. The molecule has 5 rings (SSSR count). The third-order valence-electron chi connectivity index (χ3n) is 5.15. The van der Waals surface area contributed by atoms with E-state index < -0.39 is 0 Å². The molecule has 1 aliphatic heterocycles. The van der Waals surface area contributed by atoms with Gasteiger partial charge >= 0.3 is 0 Å². The Morgan fingerprint density at radius 3 is 2.88 bits per heavy atom. The van der Waals surface area contributed by atoms with Crippen molar-refractivity contribution >= 4 is 21.6 Å². The van der Waals surface area contributed by atoms with Crippen LogP contribution in [0.4, 0.5) is 0 Å². The highest BCUT2D eigenvalue weighted by molar-refractivity contribution is 7.18. The second-order valence-electron chi connectivity index (χ2n) is 7.85. The van der Waals surface area contributed by atoms with Crippen LogP contribution in [0.1, 0.15) is 48.5 Å². The molecular weight excluding hydrogens is 344 g/mol. The van der Waals surface area contributed by atoms with Gasteiger partial charge in [0.2, 0.25) is 5.88 Å². The Balaban J connectivity index is 1.63. The number of aryl methyl sites for hydroxylation is 3. The molecule has 0 saturated heterocycles. The summed E-state index contributed by atoms with van der Waals surface area (Å²) in [6.45, 7) is 6.15. The third-order valence-corrected chi connectivity index (χ3v) is 6.34. The molecule has 26 heavy (non-hydrogen) atoms. The molecule has 0 saturated carbocycles. The third kappa shape index (κ3) is 2.57. The van der Waals surface area contributed by atoms with E-state index in [1.54, 1.807) is 11.3 Å². The van der Waals surface area contributed by atoms with Crippen molar-refractivity contribution in [2.24, 2.45) is 0 Å². The quantitative estimate of drug-likeness (QED) is 0.610. The molecule has 3 heterocycles. The van der Waals surface area contributed by atoms with Gasteiger partial charge in [0.05, 0.1) is 5.39 Å². The van der Waals surface area contributed by atoms with Crippen molar-refractivity contribution in [1.82, 2.24) is 9.97 Å². The molecule has 0 bridgehead atoms. The Bertz CT molecular complexity index is 1020. The minimum absolute atomic E-state index is 0.194. The van der Waals surface area contributed by atoms with Crippen LogP contribution in [0.3, 0.4) is 0 Å². The number of nitrogens with zero attached hydrogens (tertiary/aromatic N) is 2. The summed E-state index contributed by atoms with van der Waals surface area (Å²) >= 11 is 1.80. The Hall–Kier alpha value is -2.14. The van der Waals surface area contributed by atoms with Crippen molar-refractivity contribution in [3.05, 3.63) is 40.0 Å². The van der Waals surface area contributed by atoms with Gasteiger partial charge in [0, 0.05) is 16.9 Å². The molecule has 2 aromatic heterocycles. The number of hydrogen-bond donors (Lipinski definition) is 0. The molecule has 134 valence electrons. The van der Waals surface area contributed by atoms with Crippen LogP contribution in [0.5, 0.6) is 17.4 Å². The van der Waals surface area contributed by atoms with E-state index in [0.717, 1.165) is 46.8 Å². The van der Waals surface area contributed by atoms with Gasteiger partial charge in [-0.25, -0.2) is 4.98 Å². The largest absolute Gasteiger partial charge is 0.483 e. The van der Waals surface area contributed by atoms with Crippen LogP contribution in [0, 0.1) is 6.92 Å². The van der Waals surface area contributed by atoms with Crippen LogP contribution in [0.2, 0.25) is 0 Å². The predicted molar refractivity (Wildman–Crippen MR) is 104 cm³/mol. The fourth-order valence-corrected chi connectivity index (χ4v) is 5.37. The number of rotatable bonds is 2. The molecule has 2 aliphatic rings. The number of ether oxygens (including phenoxy) is 2. The molecule has 0 spiro atoms. The first kappa shape index (κ1) is 16.1. The van der Waals surface area contributed by atoms with Gasteiger partial charge in [0.15, 0.2) is 11.5 Å². The Morgan fingerprint density at radius 2 is 2.00 bits per heavy atom. The summed E-state index contributed by atoms with van der Waals surface area (Å²) in [5.74, 6) is 3.03. The SMILES string of the molecule is Cc1nc(Oc2cccc3c2OC(C)(C)C3)c2c3c(sc2n1)CCCC3. The molecule has 1 aliphatic carbocycles. The van der Waals surface area contributed by atoms with Crippen LogP contribution in [0.25, 0.3) is 10.2 Å². The van der Waals surface area contributed by atoms with Crippen LogP contribution in [-0.4, -0.2) is 15.6 Å². The Morgan fingerprint density at radius 1 is 1.15 bits per heavy atom. The summed E-state index contributed by atoms with van der Waals surface area (Å²) in [5.41, 5.74) is 2.39. The normalized spacial score (nSPS) is 17.7. The lowest BCUT2D eigenvalue weighted by atomic mass is 9.97. The second-order valence-corrected chi connectivity index (χ2v) is 8.94. The van der Waals surface area contributed by atoms with Crippen molar-refractivity contribution < 1.29 is 9.47 Å². The lowest BCUT2D eigenvalue weighted by Gasteiger charge is -2.18. The predicted octanol–water partition coefficient (Wildman–Crippen LogP) is 5.38. The summed E-state index contributed by atoms with van der Waals surface area (Å²) in [6.07, 6.45) is 5.62. The molecule has 0 amide bonds. The van der Waals surface area contributed by atoms with E-state index >= 15 is 0 Å². The highest BCUT2D eigenvalue weighted by Crippen LogP contribution is 2.45. The number of hydrogen-bond acceptors (Lipinski definition) is 5. The molecule has 0 radical (unpaired) electrons. The topological polar surface area (TPSA) is 44.2 Å². The van der Waals surface area contributed by atoms with Gasteiger partial charge in [-0.3, -0.25) is 0 Å². The second kappa shape index (κ2) is 5.68. The zero-order valence-corrected chi connectivity index (χ0v) is 16.2. The van der Waals surface area contributed by atoms with Crippen LogP contribution in [-0.2, 0) is 19.3 Å². The van der Waals surface area contributed by atoms with E-state index in [2.05, 4.69) is 29.9 Å². The van der Waals surface area contributed by atoms with Crippen LogP contribution >= 0.6 is 11.3 Å². The van der Waals surface area contributed by atoms with Gasteiger partial charge in [-0.1, -0.05) is 12.1 Å². The standard InChI is InChI=1S/C21H22N2O2S/c1-12-22-19(17-14-8-4-5-10-16(14)26-20(17)23-12)24-15-9-6-7-13-11-21(2,3)25-18(13)15/h6-7,9H,4-5,8,10-11H2,1-3H3. The first-order chi connectivity index (χ1) is 12.5. The lowest BCUT2D eigenvalue weighted by molar-refractivity contribution is 0.135. The van der Waals surface area contributed by atoms with E-state index in [0.29, 0.717) is 5.88 Å². The van der Waals surface area contributed by atoms with Crippen molar-refractivity contribution in [3.8, 4) is 17.4 Å². The summed E-state index contributed by atoms with van der Waals surface area (Å²) in [5, 5.41) is 1.10. The van der Waals surface area contributed by atoms with Gasteiger partial charge in [-0.2, -0.15) is 4.98 Å². The summed E-state index contributed by atoms with van der Waals surface area (Å²) in [6, 6.07) is 6.12. The highest BCUT2D eigenvalue weighted by Gasteiger charge is 2.33. The summed E-state index contributed by atoms with van der Waals surface area (Å²) in [4.78, 5) is 11.8. The molecule has 0 atom stereocenters. The number of thiophene rings is 1. The van der Waals surface area contributed by atoms with Crippen LogP contribution in [0.15, 0.2) is 18.2 Å². The minimum Gasteiger partial charge on any atom is -0.483 e. The first-order valence-corrected chi connectivity index (χ1v) is 10.1. The highest BCUT2D eigenvalue weighted by atomic mass is 32.1. The average Bonchev–Trinajstić information content (AvgIpc) is 3.10. The van der Waals surface area contributed by atoms with E-state index in [1.165, 1.54) is 28.8 Å². The Labute approximate surface area is 157 Å². The molecule has 0 N–H and O–H groups in total. The maximum absolute atomic E-state index is 6.36. The van der Waals surface area contributed by atoms with Gasteiger partial charge in [0.1, 0.15) is 16.3 Å². The molecule has 0 fully saturated rings.